The maximum atomic E-state index is 13.4. The average molecular weight is 508 g/mol. The minimum Gasteiger partial charge on any atom is -0.493 e. The van der Waals surface area contributed by atoms with E-state index in [1.165, 1.54) is 5.56 Å². The van der Waals surface area contributed by atoms with Crippen molar-refractivity contribution in [2.24, 2.45) is 4.99 Å². The highest BCUT2D eigenvalue weighted by atomic mass is 16.5. The molecule has 1 fully saturated rings. The number of nitrogens with zero attached hydrogens (tertiary/aromatic N) is 3. The predicted molar refractivity (Wildman–Crippen MR) is 148 cm³/mol. The first kappa shape index (κ1) is 27.1. The van der Waals surface area contributed by atoms with Gasteiger partial charge in [-0.25, -0.2) is 0 Å². The van der Waals surface area contributed by atoms with Crippen LogP contribution in [0.3, 0.4) is 0 Å². The summed E-state index contributed by atoms with van der Waals surface area (Å²) in [7, 11) is 5.51. The molecule has 2 aromatic rings. The normalized spacial score (nSPS) is 20.1. The maximum absolute atomic E-state index is 13.4. The molecule has 37 heavy (non-hydrogen) atoms. The molecule has 0 radical (unpaired) electrons. The number of amides is 1. The van der Waals surface area contributed by atoms with E-state index in [2.05, 4.69) is 24.1 Å². The van der Waals surface area contributed by atoms with Crippen LogP contribution in [0.15, 0.2) is 41.4 Å². The molecule has 200 valence electrons. The minimum atomic E-state index is -0.0138. The molecule has 0 aromatic heterocycles. The van der Waals surface area contributed by atoms with Crippen molar-refractivity contribution in [2.45, 2.75) is 58.2 Å². The molecule has 2 heterocycles. The molecule has 1 saturated heterocycles. The van der Waals surface area contributed by atoms with Gasteiger partial charge in [-0.05, 0) is 77.5 Å². The maximum Gasteiger partial charge on any atom is 0.254 e. The summed E-state index contributed by atoms with van der Waals surface area (Å²) in [6.07, 6.45) is 1.01. The molecular weight excluding hydrogens is 466 g/mol. The second-order valence-electron chi connectivity index (χ2n) is 10.4. The van der Waals surface area contributed by atoms with E-state index in [-0.39, 0.29) is 24.0 Å². The molecule has 7 heteroatoms. The van der Waals surface area contributed by atoms with Gasteiger partial charge in [0.25, 0.3) is 5.91 Å². The third-order valence-electron chi connectivity index (χ3n) is 7.44. The number of benzene rings is 2. The summed E-state index contributed by atoms with van der Waals surface area (Å²) in [5.74, 6) is 1.81. The standard InChI is InChI=1S/C30H41N3O4/c1-8-37-28-15-23-24(16-27(28)36-7)29(31-26-13-14-32(5)17-25(23)26)21-9-11-22(12-10-21)30(34)33(19(2)3)20(4)18-35-6/h9-12,15-16,19-20,25-26H,8,13-14,17-18H2,1-7H3/t20-,25+,26+/m0/s1. The number of fused-ring (bicyclic) bond motifs is 3. The van der Waals surface area contributed by atoms with Crippen LogP contribution >= 0.6 is 0 Å². The van der Waals surface area contributed by atoms with E-state index in [9.17, 15) is 4.79 Å². The van der Waals surface area contributed by atoms with Gasteiger partial charge < -0.3 is 24.0 Å². The predicted octanol–water partition coefficient (Wildman–Crippen LogP) is 4.62. The molecule has 1 amide bonds. The van der Waals surface area contributed by atoms with Crippen LogP contribution in [0.4, 0.5) is 0 Å². The zero-order valence-electron chi connectivity index (χ0n) is 23.3. The first-order valence-electron chi connectivity index (χ1n) is 13.3. The average Bonchev–Trinajstić information content (AvgIpc) is 2.88. The molecule has 0 unspecified atom stereocenters. The smallest absolute Gasteiger partial charge is 0.254 e. The molecule has 0 aliphatic carbocycles. The molecule has 7 nitrogen and oxygen atoms in total. The van der Waals surface area contributed by atoms with Gasteiger partial charge in [0.2, 0.25) is 0 Å². The lowest BCUT2D eigenvalue weighted by molar-refractivity contribution is 0.0478. The van der Waals surface area contributed by atoms with Gasteiger partial charge in [0.05, 0.1) is 38.1 Å². The van der Waals surface area contributed by atoms with Crippen LogP contribution in [0, 0.1) is 0 Å². The summed E-state index contributed by atoms with van der Waals surface area (Å²) in [6.45, 7) is 11.1. The fraction of sp³-hybridized carbons (Fsp3) is 0.533. The Labute approximate surface area is 221 Å². The molecule has 3 atom stereocenters. The summed E-state index contributed by atoms with van der Waals surface area (Å²) >= 11 is 0. The van der Waals surface area contributed by atoms with Gasteiger partial charge in [-0.15, -0.1) is 0 Å². The molecular formula is C30H41N3O4. The Morgan fingerprint density at radius 3 is 2.49 bits per heavy atom. The van der Waals surface area contributed by atoms with Gasteiger partial charge in [-0.1, -0.05) is 12.1 Å². The van der Waals surface area contributed by atoms with E-state index in [1.54, 1.807) is 14.2 Å². The number of aliphatic imine (C=N–C) groups is 1. The van der Waals surface area contributed by atoms with Crippen molar-refractivity contribution in [2.75, 3.05) is 47.6 Å². The number of carbonyl (C=O) groups is 1. The van der Waals surface area contributed by atoms with Crippen molar-refractivity contribution in [1.29, 1.82) is 0 Å². The summed E-state index contributed by atoms with van der Waals surface area (Å²) in [6, 6.07) is 12.4. The van der Waals surface area contributed by atoms with Crippen LogP contribution in [0.25, 0.3) is 0 Å². The Balaban J connectivity index is 1.72. The fourth-order valence-electron chi connectivity index (χ4n) is 5.73. The van der Waals surface area contributed by atoms with Gasteiger partial charge >= 0.3 is 0 Å². The number of hydrogen-bond donors (Lipinski definition) is 0. The van der Waals surface area contributed by atoms with E-state index in [0.717, 1.165) is 42.1 Å². The number of carbonyl (C=O) groups excluding carboxylic acids is 1. The quantitative estimate of drug-likeness (QED) is 0.496. The van der Waals surface area contributed by atoms with E-state index < -0.39 is 0 Å². The molecule has 4 rings (SSSR count). The highest BCUT2D eigenvalue weighted by Crippen LogP contribution is 2.42. The highest BCUT2D eigenvalue weighted by molar-refractivity contribution is 6.15. The van der Waals surface area contributed by atoms with E-state index in [0.29, 0.717) is 30.4 Å². The van der Waals surface area contributed by atoms with Crippen molar-refractivity contribution in [1.82, 2.24) is 9.80 Å². The van der Waals surface area contributed by atoms with Crippen molar-refractivity contribution in [3.63, 3.8) is 0 Å². The summed E-state index contributed by atoms with van der Waals surface area (Å²) in [4.78, 5) is 22.9. The minimum absolute atomic E-state index is 0.00971. The molecule has 0 saturated carbocycles. The summed E-state index contributed by atoms with van der Waals surface area (Å²) in [5, 5.41) is 0. The molecule has 2 aliphatic rings. The van der Waals surface area contributed by atoms with Crippen LogP contribution in [0.1, 0.15) is 67.1 Å². The van der Waals surface area contributed by atoms with Crippen molar-refractivity contribution < 1.29 is 19.0 Å². The SMILES string of the molecule is CCOc1cc2c(cc1OC)C(c1ccc(C(=O)N(C(C)C)[C@@H](C)COC)cc1)=N[C@@H]1CCN(C)C[C@H]21. The molecule has 0 spiro atoms. The number of likely N-dealkylation sites (N-methyl/N-ethyl adjacent to an activating group) is 1. The molecule has 2 aliphatic heterocycles. The largest absolute Gasteiger partial charge is 0.493 e. The van der Waals surface area contributed by atoms with E-state index >= 15 is 0 Å². The Morgan fingerprint density at radius 2 is 1.86 bits per heavy atom. The Kier molecular flexibility index (Phi) is 8.55. The second kappa shape index (κ2) is 11.7. The Bertz CT molecular complexity index is 1130. The Hall–Kier alpha value is -2.90. The van der Waals surface area contributed by atoms with E-state index in [1.807, 2.05) is 56.9 Å². The van der Waals surface area contributed by atoms with Crippen molar-refractivity contribution in [3.05, 3.63) is 58.7 Å². The van der Waals surface area contributed by atoms with Gasteiger partial charge in [0.15, 0.2) is 11.5 Å². The first-order chi connectivity index (χ1) is 17.8. The number of piperidine rings is 1. The number of ether oxygens (including phenoxy) is 3. The van der Waals surface area contributed by atoms with Gasteiger partial charge in [-0.2, -0.15) is 0 Å². The first-order valence-corrected chi connectivity index (χ1v) is 13.3. The van der Waals surface area contributed by atoms with Gasteiger partial charge in [-0.3, -0.25) is 9.79 Å². The Morgan fingerprint density at radius 1 is 1.14 bits per heavy atom. The lowest BCUT2D eigenvalue weighted by atomic mass is 9.79. The van der Waals surface area contributed by atoms with Crippen LogP contribution < -0.4 is 9.47 Å². The fourth-order valence-corrected chi connectivity index (χ4v) is 5.73. The third-order valence-corrected chi connectivity index (χ3v) is 7.44. The zero-order valence-corrected chi connectivity index (χ0v) is 23.3. The number of methoxy groups -OCH3 is 2. The second-order valence-corrected chi connectivity index (χ2v) is 10.4. The highest BCUT2D eigenvalue weighted by Gasteiger charge is 2.36. The van der Waals surface area contributed by atoms with Gasteiger partial charge in [0, 0.05) is 42.3 Å². The molecule has 0 N–H and O–H groups in total. The van der Waals surface area contributed by atoms with Crippen molar-refractivity contribution >= 4 is 11.6 Å². The lowest BCUT2D eigenvalue weighted by Crippen LogP contribution is -2.45. The van der Waals surface area contributed by atoms with Crippen LogP contribution in [0.5, 0.6) is 11.5 Å². The molecule has 0 bridgehead atoms. The summed E-state index contributed by atoms with van der Waals surface area (Å²) in [5.41, 5.74) is 4.95. The van der Waals surface area contributed by atoms with Crippen LogP contribution in [-0.4, -0.2) is 87.1 Å². The topological polar surface area (TPSA) is 63.6 Å². The zero-order chi connectivity index (χ0) is 26.7. The summed E-state index contributed by atoms with van der Waals surface area (Å²) < 4.78 is 16.9. The number of rotatable bonds is 9. The van der Waals surface area contributed by atoms with Crippen LogP contribution in [0.2, 0.25) is 0 Å². The van der Waals surface area contributed by atoms with Crippen molar-refractivity contribution in [3.8, 4) is 11.5 Å². The van der Waals surface area contributed by atoms with E-state index in [4.69, 9.17) is 19.2 Å². The number of likely N-dealkylation sites (tertiary alicyclic amines) is 1. The third kappa shape index (κ3) is 5.53. The molecule has 2 aromatic carbocycles. The number of hydrogen-bond acceptors (Lipinski definition) is 6. The lowest BCUT2D eigenvalue weighted by Gasteiger charge is -2.39. The monoisotopic (exact) mass is 507 g/mol. The van der Waals surface area contributed by atoms with Crippen LogP contribution in [-0.2, 0) is 4.74 Å². The van der Waals surface area contributed by atoms with Gasteiger partial charge in [0.1, 0.15) is 0 Å².